The summed E-state index contributed by atoms with van der Waals surface area (Å²) in [4.78, 5) is 5.10. The van der Waals surface area contributed by atoms with Gasteiger partial charge in [0.25, 0.3) is 0 Å². The predicted molar refractivity (Wildman–Crippen MR) is 75.0 cm³/mol. The molecule has 2 aliphatic rings. The second-order valence-electron chi connectivity index (χ2n) is 6.33. The Morgan fingerprint density at radius 3 is 2.72 bits per heavy atom. The molecule has 0 bridgehead atoms. The highest BCUT2D eigenvalue weighted by molar-refractivity contribution is 4.84. The van der Waals surface area contributed by atoms with Gasteiger partial charge in [-0.05, 0) is 33.7 Å². The van der Waals surface area contributed by atoms with E-state index in [4.69, 9.17) is 4.74 Å². The zero-order chi connectivity index (χ0) is 13.0. The van der Waals surface area contributed by atoms with Crippen molar-refractivity contribution in [3.05, 3.63) is 0 Å². The molecule has 0 aliphatic carbocycles. The number of piperazine rings is 1. The molecule has 18 heavy (non-hydrogen) atoms. The Hall–Kier alpha value is -0.160. The van der Waals surface area contributed by atoms with Gasteiger partial charge in [0, 0.05) is 51.9 Å². The topological polar surface area (TPSA) is 27.7 Å². The highest BCUT2D eigenvalue weighted by Crippen LogP contribution is 2.26. The second-order valence-corrected chi connectivity index (χ2v) is 6.33. The van der Waals surface area contributed by atoms with Crippen molar-refractivity contribution < 1.29 is 4.74 Å². The maximum absolute atomic E-state index is 5.79. The van der Waals surface area contributed by atoms with Crippen LogP contribution in [0.15, 0.2) is 0 Å². The summed E-state index contributed by atoms with van der Waals surface area (Å²) >= 11 is 0. The van der Waals surface area contributed by atoms with Crippen molar-refractivity contribution in [3.63, 3.8) is 0 Å². The maximum atomic E-state index is 5.79. The van der Waals surface area contributed by atoms with Crippen LogP contribution in [0.25, 0.3) is 0 Å². The average molecular weight is 255 g/mol. The van der Waals surface area contributed by atoms with Crippen LogP contribution in [0, 0.1) is 0 Å². The Kier molecular flexibility index (Phi) is 5.01. The van der Waals surface area contributed by atoms with Crippen molar-refractivity contribution in [2.75, 3.05) is 52.9 Å². The monoisotopic (exact) mass is 255 g/mol. The molecular weight excluding hydrogens is 226 g/mol. The minimum absolute atomic E-state index is 0.0617. The van der Waals surface area contributed by atoms with Gasteiger partial charge in [0.15, 0.2) is 0 Å². The Morgan fingerprint density at radius 1 is 1.33 bits per heavy atom. The number of rotatable bonds is 4. The molecule has 2 heterocycles. The summed E-state index contributed by atoms with van der Waals surface area (Å²) < 4.78 is 5.79. The molecule has 2 aliphatic heterocycles. The molecule has 0 amide bonds. The fourth-order valence-electron chi connectivity index (χ4n) is 2.99. The summed E-state index contributed by atoms with van der Waals surface area (Å²) in [7, 11) is 2.27. The van der Waals surface area contributed by atoms with Crippen LogP contribution in [0.5, 0.6) is 0 Å². The van der Waals surface area contributed by atoms with Gasteiger partial charge in [-0.15, -0.1) is 0 Å². The normalized spacial score (nSPS) is 29.7. The first-order valence-electron chi connectivity index (χ1n) is 7.34. The zero-order valence-corrected chi connectivity index (χ0v) is 12.2. The lowest BCUT2D eigenvalue weighted by Crippen LogP contribution is -2.49. The van der Waals surface area contributed by atoms with Gasteiger partial charge in [-0.3, -0.25) is 4.90 Å². The third kappa shape index (κ3) is 4.19. The summed E-state index contributed by atoms with van der Waals surface area (Å²) in [5.41, 5.74) is 0.0617. The standard InChI is InChI=1S/C14H29N3O/c1-14(2)12-13(4-11-18-14)16(3)9-10-17-7-5-15-6-8-17/h13,15H,4-12H2,1-3H3. The van der Waals surface area contributed by atoms with Gasteiger partial charge < -0.3 is 15.0 Å². The first-order valence-corrected chi connectivity index (χ1v) is 7.34. The molecule has 2 rings (SSSR count). The highest BCUT2D eigenvalue weighted by Gasteiger charge is 2.30. The molecule has 0 aromatic carbocycles. The number of nitrogens with one attached hydrogen (secondary N) is 1. The zero-order valence-electron chi connectivity index (χ0n) is 12.2. The molecule has 4 nitrogen and oxygen atoms in total. The third-order valence-corrected chi connectivity index (χ3v) is 4.27. The molecule has 0 aromatic rings. The van der Waals surface area contributed by atoms with Gasteiger partial charge in [0.2, 0.25) is 0 Å². The van der Waals surface area contributed by atoms with Crippen LogP contribution in [-0.2, 0) is 4.74 Å². The van der Waals surface area contributed by atoms with Gasteiger partial charge in [-0.2, -0.15) is 0 Å². The maximum Gasteiger partial charge on any atom is 0.0641 e. The quantitative estimate of drug-likeness (QED) is 0.803. The van der Waals surface area contributed by atoms with Crippen molar-refractivity contribution in [2.45, 2.75) is 38.3 Å². The fourth-order valence-corrected chi connectivity index (χ4v) is 2.99. The summed E-state index contributed by atoms with van der Waals surface area (Å²) in [6.07, 6.45) is 2.34. The van der Waals surface area contributed by atoms with E-state index < -0.39 is 0 Å². The summed E-state index contributed by atoms with van der Waals surface area (Å²) in [5.74, 6) is 0. The SMILES string of the molecule is CN(CCN1CCNCC1)C1CCOC(C)(C)C1. The molecule has 1 N–H and O–H groups in total. The van der Waals surface area contributed by atoms with Crippen molar-refractivity contribution >= 4 is 0 Å². The van der Waals surface area contributed by atoms with Gasteiger partial charge in [0.05, 0.1) is 5.60 Å². The van der Waals surface area contributed by atoms with Gasteiger partial charge in [-0.1, -0.05) is 0 Å². The fraction of sp³-hybridized carbons (Fsp3) is 1.00. The number of ether oxygens (including phenoxy) is 1. The van der Waals surface area contributed by atoms with E-state index in [0.29, 0.717) is 6.04 Å². The van der Waals surface area contributed by atoms with Crippen molar-refractivity contribution in [1.82, 2.24) is 15.1 Å². The van der Waals surface area contributed by atoms with E-state index >= 15 is 0 Å². The van der Waals surface area contributed by atoms with E-state index in [1.54, 1.807) is 0 Å². The Labute approximate surface area is 112 Å². The molecular formula is C14H29N3O. The minimum Gasteiger partial charge on any atom is -0.375 e. The molecule has 0 spiro atoms. The van der Waals surface area contributed by atoms with Crippen LogP contribution in [0.4, 0.5) is 0 Å². The van der Waals surface area contributed by atoms with E-state index in [1.165, 1.54) is 32.6 Å². The summed E-state index contributed by atoms with van der Waals surface area (Å²) in [6, 6.07) is 0.691. The van der Waals surface area contributed by atoms with Crippen LogP contribution in [-0.4, -0.2) is 74.4 Å². The number of hydrogen-bond acceptors (Lipinski definition) is 4. The summed E-state index contributed by atoms with van der Waals surface area (Å²) in [6.45, 7) is 12.4. The first-order chi connectivity index (χ1) is 8.57. The van der Waals surface area contributed by atoms with E-state index in [0.717, 1.165) is 26.1 Å². The van der Waals surface area contributed by atoms with E-state index in [-0.39, 0.29) is 5.60 Å². The van der Waals surface area contributed by atoms with Crippen LogP contribution >= 0.6 is 0 Å². The van der Waals surface area contributed by atoms with Gasteiger partial charge in [-0.25, -0.2) is 0 Å². The summed E-state index contributed by atoms with van der Waals surface area (Å²) in [5, 5.41) is 3.40. The lowest BCUT2D eigenvalue weighted by Gasteiger charge is -2.40. The number of hydrogen-bond donors (Lipinski definition) is 1. The van der Waals surface area contributed by atoms with Gasteiger partial charge >= 0.3 is 0 Å². The first kappa shape index (κ1) is 14.3. The molecule has 2 saturated heterocycles. The Bertz CT molecular complexity index is 251. The second kappa shape index (κ2) is 6.33. The van der Waals surface area contributed by atoms with Gasteiger partial charge in [0.1, 0.15) is 0 Å². The van der Waals surface area contributed by atoms with Crippen molar-refractivity contribution in [3.8, 4) is 0 Å². The van der Waals surface area contributed by atoms with E-state index in [1.807, 2.05) is 0 Å². The van der Waals surface area contributed by atoms with E-state index in [2.05, 4.69) is 36.0 Å². The Balaban J connectivity index is 1.71. The predicted octanol–water partition coefficient (Wildman–Crippen LogP) is 0.781. The van der Waals surface area contributed by atoms with Crippen molar-refractivity contribution in [2.24, 2.45) is 0 Å². The molecule has 4 heteroatoms. The lowest BCUT2D eigenvalue weighted by molar-refractivity contribution is -0.0804. The highest BCUT2D eigenvalue weighted by atomic mass is 16.5. The smallest absolute Gasteiger partial charge is 0.0641 e. The molecule has 2 fully saturated rings. The molecule has 0 radical (unpaired) electrons. The van der Waals surface area contributed by atoms with Crippen LogP contribution in [0.1, 0.15) is 26.7 Å². The lowest BCUT2D eigenvalue weighted by atomic mass is 9.93. The van der Waals surface area contributed by atoms with Crippen molar-refractivity contribution in [1.29, 1.82) is 0 Å². The molecule has 1 atom stereocenters. The minimum atomic E-state index is 0.0617. The largest absolute Gasteiger partial charge is 0.375 e. The van der Waals surface area contributed by atoms with Crippen LogP contribution in [0.2, 0.25) is 0 Å². The number of likely N-dealkylation sites (N-methyl/N-ethyl adjacent to an activating group) is 1. The average Bonchev–Trinajstić information content (AvgIpc) is 2.36. The van der Waals surface area contributed by atoms with E-state index in [9.17, 15) is 0 Å². The molecule has 1 unspecified atom stereocenters. The van der Waals surface area contributed by atoms with Crippen LogP contribution in [0.3, 0.4) is 0 Å². The number of nitrogens with zero attached hydrogens (tertiary/aromatic N) is 2. The Morgan fingerprint density at radius 2 is 2.06 bits per heavy atom. The molecule has 0 aromatic heterocycles. The molecule has 0 saturated carbocycles. The van der Waals surface area contributed by atoms with Crippen LogP contribution < -0.4 is 5.32 Å². The third-order valence-electron chi connectivity index (χ3n) is 4.27. The molecule has 106 valence electrons.